The van der Waals surface area contributed by atoms with Crippen LogP contribution < -0.4 is 10.6 Å². The largest absolute Gasteiger partial charge is 0.352 e. The maximum absolute atomic E-state index is 12.2. The van der Waals surface area contributed by atoms with Crippen molar-refractivity contribution in [3.63, 3.8) is 0 Å². The fourth-order valence-electron chi connectivity index (χ4n) is 2.62. The molecule has 6 nitrogen and oxygen atoms in total. The average molecular weight is 360 g/mol. The van der Waals surface area contributed by atoms with E-state index in [1.807, 2.05) is 36.4 Å². The number of anilines is 1. The van der Waals surface area contributed by atoms with E-state index in [1.54, 1.807) is 30.7 Å². The molecule has 0 bridgehead atoms. The van der Waals surface area contributed by atoms with E-state index in [4.69, 9.17) is 0 Å². The lowest BCUT2D eigenvalue weighted by Crippen LogP contribution is -2.24. The van der Waals surface area contributed by atoms with Crippen LogP contribution >= 0.6 is 0 Å². The lowest BCUT2D eigenvalue weighted by molar-refractivity contribution is -0.120. The molecule has 0 aliphatic rings. The molecule has 0 unspecified atom stereocenters. The van der Waals surface area contributed by atoms with Crippen LogP contribution in [0.2, 0.25) is 0 Å². The van der Waals surface area contributed by atoms with Gasteiger partial charge in [-0.1, -0.05) is 12.1 Å². The first kappa shape index (κ1) is 18.3. The first-order valence-corrected chi connectivity index (χ1v) is 8.59. The maximum Gasteiger partial charge on any atom is 0.224 e. The number of nitrogens with zero attached hydrogens (tertiary/aromatic N) is 2. The van der Waals surface area contributed by atoms with E-state index < -0.39 is 0 Å². The molecule has 2 heterocycles. The van der Waals surface area contributed by atoms with Crippen LogP contribution in [0.4, 0.5) is 5.69 Å². The summed E-state index contributed by atoms with van der Waals surface area (Å²) in [5.74, 6) is -0.187. The molecular weight excluding hydrogens is 340 g/mol. The van der Waals surface area contributed by atoms with Crippen LogP contribution in [0.3, 0.4) is 0 Å². The van der Waals surface area contributed by atoms with Gasteiger partial charge in [-0.3, -0.25) is 19.6 Å². The molecule has 2 aromatic heterocycles. The number of rotatable bonds is 6. The summed E-state index contributed by atoms with van der Waals surface area (Å²) in [4.78, 5) is 31.6. The Balaban J connectivity index is 1.55. The lowest BCUT2D eigenvalue weighted by Gasteiger charge is -2.08. The SMILES string of the molecule is CC(=O)Nc1ccc(CC(=O)NCc2ccnc(-c3ccncc3)c2)cc1. The number of benzene rings is 1. The summed E-state index contributed by atoms with van der Waals surface area (Å²) in [7, 11) is 0. The van der Waals surface area contributed by atoms with Gasteiger partial charge in [-0.25, -0.2) is 0 Å². The zero-order valence-electron chi connectivity index (χ0n) is 15.0. The third-order valence-electron chi connectivity index (χ3n) is 3.93. The monoisotopic (exact) mass is 360 g/mol. The third-order valence-corrected chi connectivity index (χ3v) is 3.93. The number of carbonyl (C=O) groups excluding carboxylic acids is 2. The minimum atomic E-state index is -0.121. The molecule has 6 heteroatoms. The van der Waals surface area contributed by atoms with E-state index in [9.17, 15) is 9.59 Å². The van der Waals surface area contributed by atoms with Crippen LogP contribution in [-0.4, -0.2) is 21.8 Å². The molecule has 0 saturated heterocycles. The molecule has 1 aromatic carbocycles. The lowest BCUT2D eigenvalue weighted by atomic mass is 10.1. The van der Waals surface area contributed by atoms with Crippen LogP contribution in [0.1, 0.15) is 18.1 Å². The van der Waals surface area contributed by atoms with E-state index >= 15 is 0 Å². The second kappa shape index (κ2) is 8.71. The van der Waals surface area contributed by atoms with Gasteiger partial charge in [0.25, 0.3) is 0 Å². The van der Waals surface area contributed by atoms with Crippen molar-refractivity contribution in [1.82, 2.24) is 15.3 Å². The minimum absolute atomic E-state index is 0.0652. The Morgan fingerprint density at radius 2 is 1.67 bits per heavy atom. The van der Waals surface area contributed by atoms with Gasteiger partial charge in [-0.15, -0.1) is 0 Å². The first-order chi connectivity index (χ1) is 13.1. The summed E-state index contributed by atoms with van der Waals surface area (Å²) < 4.78 is 0. The third kappa shape index (κ3) is 5.47. The Kier molecular flexibility index (Phi) is 5.89. The Bertz CT molecular complexity index is 924. The standard InChI is InChI=1S/C21H20N4O2/c1-15(26)25-19-4-2-16(3-5-19)13-21(27)24-14-17-6-11-23-20(12-17)18-7-9-22-10-8-18/h2-12H,13-14H2,1H3,(H,24,27)(H,25,26). The van der Waals surface area contributed by atoms with Gasteiger partial charge < -0.3 is 10.6 Å². The van der Waals surface area contributed by atoms with E-state index in [0.29, 0.717) is 12.2 Å². The van der Waals surface area contributed by atoms with Gasteiger partial charge >= 0.3 is 0 Å². The summed E-state index contributed by atoms with van der Waals surface area (Å²) in [6.07, 6.45) is 5.46. The molecule has 0 aliphatic heterocycles. The Morgan fingerprint density at radius 1 is 0.926 bits per heavy atom. The molecule has 2 amide bonds. The number of pyridine rings is 2. The summed E-state index contributed by atoms with van der Waals surface area (Å²) in [6.45, 7) is 1.89. The summed E-state index contributed by atoms with van der Waals surface area (Å²) >= 11 is 0. The fraction of sp³-hybridized carbons (Fsp3) is 0.143. The fourth-order valence-corrected chi connectivity index (χ4v) is 2.62. The van der Waals surface area contributed by atoms with Crippen molar-refractivity contribution in [3.8, 4) is 11.3 Å². The second-order valence-electron chi connectivity index (χ2n) is 6.12. The van der Waals surface area contributed by atoms with E-state index in [1.165, 1.54) is 6.92 Å². The van der Waals surface area contributed by atoms with Crippen molar-refractivity contribution in [1.29, 1.82) is 0 Å². The topological polar surface area (TPSA) is 84.0 Å². The minimum Gasteiger partial charge on any atom is -0.352 e. The van der Waals surface area contributed by atoms with E-state index in [2.05, 4.69) is 20.6 Å². The van der Waals surface area contributed by atoms with Crippen molar-refractivity contribution in [2.45, 2.75) is 19.9 Å². The zero-order valence-corrected chi connectivity index (χ0v) is 15.0. The van der Waals surface area contributed by atoms with E-state index in [0.717, 1.165) is 22.4 Å². The number of aromatic nitrogens is 2. The molecule has 0 spiro atoms. The smallest absolute Gasteiger partial charge is 0.224 e. The van der Waals surface area contributed by atoms with Gasteiger partial charge in [0.1, 0.15) is 0 Å². The second-order valence-corrected chi connectivity index (χ2v) is 6.12. The van der Waals surface area contributed by atoms with Crippen molar-refractivity contribution in [2.24, 2.45) is 0 Å². The molecule has 27 heavy (non-hydrogen) atoms. The number of carbonyl (C=O) groups is 2. The highest BCUT2D eigenvalue weighted by molar-refractivity contribution is 5.88. The quantitative estimate of drug-likeness (QED) is 0.708. The van der Waals surface area contributed by atoms with Gasteiger partial charge in [0.05, 0.1) is 12.1 Å². The first-order valence-electron chi connectivity index (χ1n) is 8.59. The Hall–Kier alpha value is -3.54. The number of nitrogens with one attached hydrogen (secondary N) is 2. The van der Waals surface area contributed by atoms with Gasteiger partial charge in [-0.05, 0) is 47.5 Å². The molecule has 0 fully saturated rings. The predicted molar refractivity (Wildman–Crippen MR) is 104 cm³/mol. The van der Waals surface area contributed by atoms with Crippen LogP contribution in [0.15, 0.2) is 67.1 Å². The van der Waals surface area contributed by atoms with E-state index in [-0.39, 0.29) is 18.2 Å². The van der Waals surface area contributed by atoms with Crippen molar-refractivity contribution in [2.75, 3.05) is 5.32 Å². The van der Waals surface area contributed by atoms with Crippen molar-refractivity contribution < 1.29 is 9.59 Å². The molecule has 0 aliphatic carbocycles. The summed E-state index contributed by atoms with van der Waals surface area (Å²) in [5.41, 5.74) is 4.40. The highest BCUT2D eigenvalue weighted by Gasteiger charge is 2.06. The number of hydrogen-bond donors (Lipinski definition) is 2. The van der Waals surface area contributed by atoms with Crippen LogP contribution in [0.25, 0.3) is 11.3 Å². The normalized spacial score (nSPS) is 10.3. The molecule has 0 saturated carbocycles. The van der Waals surface area contributed by atoms with Gasteiger partial charge in [-0.2, -0.15) is 0 Å². The van der Waals surface area contributed by atoms with Gasteiger partial charge in [0, 0.05) is 43.3 Å². The molecular formula is C21H20N4O2. The summed E-state index contributed by atoms with van der Waals surface area (Å²) in [5, 5.41) is 5.63. The maximum atomic E-state index is 12.2. The number of hydrogen-bond acceptors (Lipinski definition) is 4. The molecule has 2 N–H and O–H groups in total. The van der Waals surface area contributed by atoms with Crippen molar-refractivity contribution in [3.05, 3.63) is 78.2 Å². The summed E-state index contributed by atoms with van der Waals surface area (Å²) in [6, 6.07) is 14.9. The van der Waals surface area contributed by atoms with Crippen molar-refractivity contribution >= 4 is 17.5 Å². The van der Waals surface area contributed by atoms with Gasteiger partial charge in [0.15, 0.2) is 0 Å². The van der Waals surface area contributed by atoms with Crippen LogP contribution in [-0.2, 0) is 22.6 Å². The molecule has 3 aromatic rings. The molecule has 3 rings (SSSR count). The molecule has 136 valence electrons. The van der Waals surface area contributed by atoms with Crippen LogP contribution in [0.5, 0.6) is 0 Å². The van der Waals surface area contributed by atoms with Crippen LogP contribution in [0, 0.1) is 0 Å². The Morgan fingerprint density at radius 3 is 2.37 bits per heavy atom. The van der Waals surface area contributed by atoms with Gasteiger partial charge in [0.2, 0.25) is 11.8 Å². The zero-order chi connectivity index (χ0) is 19.1. The number of amides is 2. The highest BCUT2D eigenvalue weighted by Crippen LogP contribution is 2.16. The Labute approximate surface area is 157 Å². The molecule has 0 radical (unpaired) electrons. The highest BCUT2D eigenvalue weighted by atomic mass is 16.2. The predicted octanol–water partition coefficient (Wildman–Crippen LogP) is 2.96. The molecule has 0 atom stereocenters. The average Bonchev–Trinajstić information content (AvgIpc) is 2.68.